The summed E-state index contributed by atoms with van der Waals surface area (Å²) in [6.07, 6.45) is 1.87. The smallest absolute Gasteiger partial charge is 0.494 e. The summed E-state index contributed by atoms with van der Waals surface area (Å²) in [6, 6.07) is 15.8. The third-order valence-corrected chi connectivity index (χ3v) is 6.96. The van der Waals surface area contributed by atoms with E-state index >= 15 is 0 Å². The molecule has 1 fully saturated rings. The minimum Gasteiger partial charge on any atom is -0.587 e. The van der Waals surface area contributed by atoms with Crippen molar-refractivity contribution >= 4 is 34.8 Å². The highest BCUT2D eigenvalue weighted by molar-refractivity contribution is 7.90. The average molecular weight is 381 g/mol. The summed E-state index contributed by atoms with van der Waals surface area (Å²) in [4.78, 5) is 0.785. The third kappa shape index (κ3) is 3.21. The maximum atomic E-state index is 13.0. The second-order valence-corrected chi connectivity index (χ2v) is 9.47. The van der Waals surface area contributed by atoms with Crippen LogP contribution in [0.15, 0.2) is 59.6 Å². The van der Waals surface area contributed by atoms with E-state index in [1.807, 2.05) is 83.3 Å². The molecule has 1 saturated heterocycles. The average Bonchev–Trinajstić information content (AvgIpc) is 3.12. The van der Waals surface area contributed by atoms with Crippen LogP contribution < -0.4 is 5.46 Å². The number of aryl methyl sites for hydroxylation is 1. The molecule has 2 heterocycles. The van der Waals surface area contributed by atoms with Gasteiger partial charge in [-0.15, -0.1) is 0 Å². The zero-order valence-electron chi connectivity index (χ0n) is 16.4. The number of hydrogen-bond donors (Lipinski definition) is 0. The number of aromatic nitrogens is 1. The Kier molecular flexibility index (Phi) is 4.43. The van der Waals surface area contributed by atoms with Crippen molar-refractivity contribution in [1.29, 1.82) is 0 Å². The summed E-state index contributed by atoms with van der Waals surface area (Å²) < 4.78 is 27.1. The maximum Gasteiger partial charge on any atom is 0.494 e. The van der Waals surface area contributed by atoms with E-state index in [1.165, 1.54) is 0 Å². The Morgan fingerprint density at radius 1 is 0.926 bits per heavy atom. The molecule has 1 aromatic heterocycles. The molecule has 1 aliphatic heterocycles. The SMILES string of the molecule is Cc1ccc([S+]([O-])n2ccc3cc(B4OC(C)(C)C(C)(C)O4)ccc32)cc1. The lowest BCUT2D eigenvalue weighted by molar-refractivity contribution is 0.00578. The molecule has 140 valence electrons. The predicted octanol–water partition coefficient (Wildman–Crippen LogP) is 3.82. The number of hydrogen-bond acceptors (Lipinski definition) is 3. The van der Waals surface area contributed by atoms with E-state index < -0.39 is 18.5 Å². The van der Waals surface area contributed by atoms with E-state index in [0.717, 1.165) is 26.8 Å². The molecule has 6 heteroatoms. The van der Waals surface area contributed by atoms with Crippen molar-refractivity contribution in [1.82, 2.24) is 3.97 Å². The van der Waals surface area contributed by atoms with Crippen LogP contribution in [0, 0.1) is 6.92 Å². The van der Waals surface area contributed by atoms with Gasteiger partial charge in [0.1, 0.15) is 11.4 Å². The molecule has 0 radical (unpaired) electrons. The minimum absolute atomic E-state index is 0.370. The molecule has 1 atom stereocenters. The normalized spacial score (nSPS) is 19.6. The van der Waals surface area contributed by atoms with Crippen LogP contribution in [0.1, 0.15) is 33.3 Å². The molecule has 2 aromatic carbocycles. The lowest BCUT2D eigenvalue weighted by atomic mass is 9.79. The summed E-state index contributed by atoms with van der Waals surface area (Å²) >= 11 is -1.28. The number of benzene rings is 2. The molecular formula is C21H24BNO3S. The minimum atomic E-state index is -1.28. The van der Waals surface area contributed by atoms with Gasteiger partial charge in [0.15, 0.2) is 4.90 Å². The lowest BCUT2D eigenvalue weighted by Crippen LogP contribution is -2.41. The van der Waals surface area contributed by atoms with Crippen LogP contribution >= 0.6 is 0 Å². The fourth-order valence-corrected chi connectivity index (χ4v) is 4.29. The molecule has 0 spiro atoms. The van der Waals surface area contributed by atoms with E-state index in [2.05, 4.69) is 6.07 Å². The first kappa shape index (κ1) is 18.6. The second-order valence-electron chi connectivity index (χ2n) is 8.11. The van der Waals surface area contributed by atoms with Crippen molar-refractivity contribution in [2.45, 2.75) is 50.7 Å². The lowest BCUT2D eigenvalue weighted by Gasteiger charge is -2.32. The van der Waals surface area contributed by atoms with Gasteiger partial charge in [0, 0.05) is 5.39 Å². The number of fused-ring (bicyclic) bond motifs is 1. The van der Waals surface area contributed by atoms with Gasteiger partial charge in [-0.1, -0.05) is 29.8 Å². The third-order valence-electron chi connectivity index (χ3n) is 5.61. The fraction of sp³-hybridized carbons (Fsp3) is 0.333. The Hall–Kier alpha value is -1.73. The molecule has 27 heavy (non-hydrogen) atoms. The molecule has 4 nitrogen and oxygen atoms in total. The molecule has 0 aliphatic carbocycles. The number of nitrogens with zero attached hydrogens (tertiary/aromatic N) is 1. The van der Waals surface area contributed by atoms with Gasteiger partial charge in [0.25, 0.3) is 0 Å². The van der Waals surface area contributed by atoms with E-state index in [0.29, 0.717) is 0 Å². The van der Waals surface area contributed by atoms with Crippen molar-refractivity contribution < 1.29 is 13.9 Å². The molecule has 0 bridgehead atoms. The standard InChI is InChI=1S/C21H24BNO3S/c1-15-6-9-18(10-7-15)27(24)23-13-12-16-14-17(8-11-19(16)23)22-25-20(2,3)21(4,5)26-22/h6-14H,1-5H3. The molecule has 0 saturated carbocycles. The molecular weight excluding hydrogens is 357 g/mol. The first-order valence-corrected chi connectivity index (χ1v) is 10.2. The fourth-order valence-electron chi connectivity index (χ4n) is 3.17. The van der Waals surface area contributed by atoms with Crippen LogP contribution in [0.25, 0.3) is 10.9 Å². The quantitative estimate of drug-likeness (QED) is 0.512. The van der Waals surface area contributed by atoms with Gasteiger partial charge < -0.3 is 13.9 Å². The summed E-state index contributed by atoms with van der Waals surface area (Å²) in [5.41, 5.74) is 2.31. The van der Waals surface area contributed by atoms with Crippen LogP contribution in [0.4, 0.5) is 0 Å². The van der Waals surface area contributed by atoms with Crippen LogP contribution in [0.3, 0.4) is 0 Å². The highest BCUT2D eigenvalue weighted by Gasteiger charge is 2.51. The van der Waals surface area contributed by atoms with Gasteiger partial charge in [-0.2, -0.15) is 3.97 Å². The predicted molar refractivity (Wildman–Crippen MR) is 111 cm³/mol. The second kappa shape index (κ2) is 6.42. The Balaban J connectivity index is 1.65. The largest absolute Gasteiger partial charge is 0.587 e. The van der Waals surface area contributed by atoms with Gasteiger partial charge in [0.05, 0.1) is 22.9 Å². The van der Waals surface area contributed by atoms with Gasteiger partial charge >= 0.3 is 7.12 Å². The van der Waals surface area contributed by atoms with Gasteiger partial charge in [-0.3, -0.25) is 0 Å². The Labute approximate surface area is 163 Å². The van der Waals surface area contributed by atoms with Crippen LogP contribution in [0.2, 0.25) is 0 Å². The van der Waals surface area contributed by atoms with Crippen molar-refractivity contribution in [3.05, 3.63) is 60.3 Å². The van der Waals surface area contributed by atoms with E-state index in [-0.39, 0.29) is 11.2 Å². The molecule has 1 unspecified atom stereocenters. The first-order chi connectivity index (χ1) is 12.7. The zero-order valence-corrected chi connectivity index (χ0v) is 17.2. The van der Waals surface area contributed by atoms with E-state index in [1.54, 1.807) is 3.97 Å². The maximum absolute atomic E-state index is 13.0. The zero-order chi connectivity index (χ0) is 19.4. The molecule has 3 aromatic rings. The highest BCUT2D eigenvalue weighted by Crippen LogP contribution is 2.36. The summed E-state index contributed by atoms with van der Waals surface area (Å²) in [6.45, 7) is 10.2. The van der Waals surface area contributed by atoms with Crippen molar-refractivity contribution in [2.75, 3.05) is 0 Å². The van der Waals surface area contributed by atoms with E-state index in [9.17, 15) is 4.55 Å². The Morgan fingerprint density at radius 3 is 2.19 bits per heavy atom. The molecule has 0 amide bonds. The first-order valence-electron chi connectivity index (χ1n) is 9.13. The number of rotatable bonds is 3. The van der Waals surface area contributed by atoms with Crippen LogP contribution in [0.5, 0.6) is 0 Å². The molecule has 0 N–H and O–H groups in total. The van der Waals surface area contributed by atoms with Gasteiger partial charge in [-0.05, 0) is 64.3 Å². The van der Waals surface area contributed by atoms with E-state index in [4.69, 9.17) is 9.31 Å². The highest BCUT2D eigenvalue weighted by atomic mass is 32.2. The monoisotopic (exact) mass is 381 g/mol. The van der Waals surface area contributed by atoms with Crippen LogP contribution in [-0.4, -0.2) is 26.8 Å². The summed E-state index contributed by atoms with van der Waals surface area (Å²) in [5, 5.41) is 1.02. The summed E-state index contributed by atoms with van der Waals surface area (Å²) in [5.74, 6) is 0. The topological polar surface area (TPSA) is 46.5 Å². The Bertz CT molecular complexity index is 965. The van der Waals surface area contributed by atoms with Crippen molar-refractivity contribution in [3.63, 3.8) is 0 Å². The van der Waals surface area contributed by atoms with Crippen molar-refractivity contribution in [3.8, 4) is 0 Å². The molecule has 4 rings (SSSR count). The Morgan fingerprint density at radius 2 is 1.56 bits per heavy atom. The summed E-state index contributed by atoms with van der Waals surface area (Å²) in [7, 11) is -0.398. The van der Waals surface area contributed by atoms with Gasteiger partial charge in [0.2, 0.25) is 0 Å². The van der Waals surface area contributed by atoms with Crippen molar-refractivity contribution in [2.24, 2.45) is 0 Å². The molecule has 1 aliphatic rings. The van der Waals surface area contributed by atoms with Crippen LogP contribution in [-0.2, 0) is 20.7 Å². The van der Waals surface area contributed by atoms with Gasteiger partial charge in [-0.25, -0.2) is 0 Å².